The van der Waals surface area contributed by atoms with E-state index in [1.807, 2.05) is 67.3 Å². The fourth-order valence-electron chi connectivity index (χ4n) is 3.48. The van der Waals surface area contributed by atoms with Crippen molar-refractivity contribution in [2.45, 2.75) is 13.8 Å². The Hall–Kier alpha value is -3.68. The van der Waals surface area contributed by atoms with Crippen molar-refractivity contribution < 1.29 is 9.53 Å². The molecule has 0 aliphatic carbocycles. The quantitative estimate of drug-likeness (QED) is 0.658. The molecular formula is C23H26N6O2. The van der Waals surface area contributed by atoms with E-state index in [9.17, 15) is 4.79 Å². The Kier molecular flexibility index (Phi) is 6.26. The second kappa shape index (κ2) is 9.42. The van der Waals surface area contributed by atoms with E-state index in [1.165, 1.54) is 0 Å². The molecule has 1 aliphatic rings. The fraction of sp³-hybridized carbons (Fsp3) is 0.304. The lowest BCUT2D eigenvalue weighted by Gasteiger charge is -2.35. The maximum absolute atomic E-state index is 12.8. The minimum absolute atomic E-state index is 0.0407. The van der Waals surface area contributed by atoms with E-state index >= 15 is 0 Å². The van der Waals surface area contributed by atoms with Gasteiger partial charge in [0.1, 0.15) is 11.6 Å². The monoisotopic (exact) mass is 418 g/mol. The molecular weight excluding hydrogens is 392 g/mol. The van der Waals surface area contributed by atoms with Crippen LogP contribution < -0.4 is 15.0 Å². The second-order valence-corrected chi connectivity index (χ2v) is 7.36. The van der Waals surface area contributed by atoms with Crippen molar-refractivity contribution in [3.63, 3.8) is 0 Å². The molecule has 0 spiro atoms. The van der Waals surface area contributed by atoms with Gasteiger partial charge < -0.3 is 19.9 Å². The molecule has 0 saturated carbocycles. The van der Waals surface area contributed by atoms with Crippen LogP contribution in [-0.4, -0.2) is 58.8 Å². The minimum Gasteiger partial charge on any atom is -0.494 e. The van der Waals surface area contributed by atoms with Gasteiger partial charge in [-0.1, -0.05) is 0 Å². The third-order valence-corrected chi connectivity index (χ3v) is 5.13. The number of anilines is 3. The fourth-order valence-corrected chi connectivity index (χ4v) is 3.48. The highest BCUT2D eigenvalue weighted by Crippen LogP contribution is 2.19. The smallest absolute Gasteiger partial charge is 0.253 e. The summed E-state index contributed by atoms with van der Waals surface area (Å²) in [5.41, 5.74) is 1.80. The van der Waals surface area contributed by atoms with Gasteiger partial charge in [0.2, 0.25) is 0 Å². The first-order chi connectivity index (χ1) is 15.1. The van der Waals surface area contributed by atoms with Crippen molar-refractivity contribution in [2.24, 2.45) is 0 Å². The van der Waals surface area contributed by atoms with Crippen molar-refractivity contribution in [3.05, 3.63) is 65.9 Å². The van der Waals surface area contributed by atoms with E-state index < -0.39 is 0 Å². The number of ether oxygens (including phenoxy) is 1. The summed E-state index contributed by atoms with van der Waals surface area (Å²) in [5, 5.41) is 11.8. The van der Waals surface area contributed by atoms with Gasteiger partial charge in [-0.05, 0) is 67.9 Å². The zero-order chi connectivity index (χ0) is 21.6. The molecule has 31 heavy (non-hydrogen) atoms. The molecule has 0 atom stereocenters. The summed E-state index contributed by atoms with van der Waals surface area (Å²) in [6, 6.07) is 15.0. The van der Waals surface area contributed by atoms with Gasteiger partial charge in [0.05, 0.1) is 6.61 Å². The molecule has 1 N–H and O–H groups in total. The van der Waals surface area contributed by atoms with E-state index in [0.717, 1.165) is 22.9 Å². The average molecular weight is 419 g/mol. The number of amides is 1. The van der Waals surface area contributed by atoms with Crippen molar-refractivity contribution >= 4 is 23.4 Å². The number of nitrogens with zero attached hydrogens (tertiary/aromatic N) is 5. The Morgan fingerprint density at radius 1 is 1.00 bits per heavy atom. The lowest BCUT2D eigenvalue weighted by Crippen LogP contribution is -2.49. The van der Waals surface area contributed by atoms with Crippen LogP contribution in [-0.2, 0) is 0 Å². The number of carbonyl (C=O) groups excluding carboxylic acids is 1. The van der Waals surface area contributed by atoms with Crippen LogP contribution in [0.5, 0.6) is 5.75 Å². The van der Waals surface area contributed by atoms with Crippen LogP contribution >= 0.6 is 0 Å². The highest BCUT2D eigenvalue weighted by atomic mass is 16.5. The normalized spacial score (nSPS) is 13.7. The van der Waals surface area contributed by atoms with Crippen molar-refractivity contribution in [1.29, 1.82) is 0 Å². The van der Waals surface area contributed by atoms with E-state index in [0.29, 0.717) is 44.2 Å². The third kappa shape index (κ3) is 5.09. The lowest BCUT2D eigenvalue weighted by molar-refractivity contribution is 0.0746. The van der Waals surface area contributed by atoms with Crippen molar-refractivity contribution in [1.82, 2.24) is 20.1 Å². The Bertz CT molecular complexity index is 1010. The lowest BCUT2D eigenvalue weighted by atomic mass is 10.1. The number of pyridine rings is 1. The molecule has 0 radical (unpaired) electrons. The largest absolute Gasteiger partial charge is 0.494 e. The zero-order valence-electron chi connectivity index (χ0n) is 17.8. The van der Waals surface area contributed by atoms with Crippen molar-refractivity contribution in [3.8, 4) is 5.75 Å². The summed E-state index contributed by atoms with van der Waals surface area (Å²) >= 11 is 0. The molecule has 160 valence electrons. The number of benzene rings is 1. The molecule has 1 fully saturated rings. The van der Waals surface area contributed by atoms with E-state index in [-0.39, 0.29) is 5.91 Å². The molecule has 8 nitrogen and oxygen atoms in total. The summed E-state index contributed by atoms with van der Waals surface area (Å²) < 4.78 is 5.44. The molecule has 3 aromatic rings. The summed E-state index contributed by atoms with van der Waals surface area (Å²) in [7, 11) is 0. The first-order valence-electron chi connectivity index (χ1n) is 10.4. The minimum atomic E-state index is 0.0407. The standard InChI is InChI=1S/C23H26N6O2/c1-3-31-19-6-4-18(5-7-19)23(30)29-14-12-28(13-15-29)22-9-8-20(26-27-22)25-21-16-17(2)10-11-24-21/h4-11,16H,3,12-15H2,1-2H3,(H,24,25,26). The maximum Gasteiger partial charge on any atom is 0.253 e. The Labute approximate surface area is 181 Å². The number of rotatable bonds is 6. The Morgan fingerprint density at radius 3 is 2.42 bits per heavy atom. The van der Waals surface area contributed by atoms with Crippen LogP contribution in [0.25, 0.3) is 0 Å². The molecule has 1 amide bonds. The number of hydrogen-bond donors (Lipinski definition) is 1. The molecule has 2 aromatic heterocycles. The summed E-state index contributed by atoms with van der Waals surface area (Å²) in [5.74, 6) is 3.00. The number of hydrogen-bond acceptors (Lipinski definition) is 7. The van der Waals surface area contributed by atoms with Crippen LogP contribution in [0.3, 0.4) is 0 Å². The van der Waals surface area contributed by atoms with Gasteiger partial charge in [-0.15, -0.1) is 10.2 Å². The van der Waals surface area contributed by atoms with Gasteiger partial charge in [-0.25, -0.2) is 4.98 Å². The van der Waals surface area contributed by atoms with Gasteiger partial charge in [0.25, 0.3) is 5.91 Å². The molecule has 4 rings (SSSR count). The summed E-state index contributed by atoms with van der Waals surface area (Å²) in [6.07, 6.45) is 1.76. The first-order valence-corrected chi connectivity index (χ1v) is 10.4. The SMILES string of the molecule is CCOc1ccc(C(=O)N2CCN(c3ccc(Nc4cc(C)ccn4)nn3)CC2)cc1. The Balaban J connectivity index is 1.32. The molecule has 0 unspecified atom stereocenters. The highest BCUT2D eigenvalue weighted by Gasteiger charge is 2.23. The number of aryl methyl sites for hydroxylation is 1. The van der Waals surface area contributed by atoms with Crippen LogP contribution in [0.15, 0.2) is 54.7 Å². The molecule has 1 aliphatic heterocycles. The van der Waals surface area contributed by atoms with Gasteiger partial charge in [-0.3, -0.25) is 4.79 Å². The van der Waals surface area contributed by atoms with Gasteiger partial charge in [0, 0.05) is 37.9 Å². The average Bonchev–Trinajstić information content (AvgIpc) is 2.80. The number of carbonyl (C=O) groups is 1. The zero-order valence-corrected chi connectivity index (χ0v) is 17.8. The molecule has 3 heterocycles. The first kappa shape index (κ1) is 20.6. The Morgan fingerprint density at radius 2 is 1.77 bits per heavy atom. The predicted octanol–water partition coefficient (Wildman–Crippen LogP) is 3.28. The molecule has 8 heteroatoms. The van der Waals surface area contributed by atoms with Gasteiger partial charge >= 0.3 is 0 Å². The third-order valence-electron chi connectivity index (χ3n) is 5.13. The van der Waals surface area contributed by atoms with E-state index in [1.54, 1.807) is 6.20 Å². The number of piperazine rings is 1. The van der Waals surface area contributed by atoms with Crippen LogP contribution in [0.4, 0.5) is 17.5 Å². The number of aromatic nitrogens is 3. The van der Waals surface area contributed by atoms with Crippen LogP contribution in [0.1, 0.15) is 22.8 Å². The van der Waals surface area contributed by atoms with Gasteiger partial charge in [0.15, 0.2) is 11.6 Å². The highest BCUT2D eigenvalue weighted by molar-refractivity contribution is 5.94. The molecule has 0 bridgehead atoms. The van der Waals surface area contributed by atoms with E-state index in [2.05, 4.69) is 25.4 Å². The summed E-state index contributed by atoms with van der Waals surface area (Å²) in [4.78, 5) is 21.1. The predicted molar refractivity (Wildman–Crippen MR) is 120 cm³/mol. The maximum atomic E-state index is 12.8. The van der Waals surface area contributed by atoms with Gasteiger partial charge in [-0.2, -0.15) is 0 Å². The molecule has 1 saturated heterocycles. The van der Waals surface area contributed by atoms with Crippen LogP contribution in [0.2, 0.25) is 0 Å². The van der Waals surface area contributed by atoms with Crippen molar-refractivity contribution in [2.75, 3.05) is 43.0 Å². The number of nitrogens with one attached hydrogen (secondary N) is 1. The summed E-state index contributed by atoms with van der Waals surface area (Å²) in [6.45, 7) is 7.27. The topological polar surface area (TPSA) is 83.5 Å². The van der Waals surface area contributed by atoms with E-state index in [4.69, 9.17) is 4.74 Å². The second-order valence-electron chi connectivity index (χ2n) is 7.36. The van der Waals surface area contributed by atoms with Crippen LogP contribution in [0, 0.1) is 6.92 Å². The molecule has 1 aromatic carbocycles.